The normalized spacial score (nSPS) is 11.4. The maximum Gasteiger partial charge on any atom is 0.416 e. The summed E-state index contributed by atoms with van der Waals surface area (Å²) >= 11 is 1.23. The van der Waals surface area contributed by atoms with Gasteiger partial charge in [-0.2, -0.15) is 18.2 Å². The van der Waals surface area contributed by atoms with E-state index in [4.69, 9.17) is 4.74 Å². The van der Waals surface area contributed by atoms with E-state index in [0.717, 1.165) is 12.1 Å². The summed E-state index contributed by atoms with van der Waals surface area (Å²) in [7, 11) is 0. The second-order valence-electron chi connectivity index (χ2n) is 2.90. The highest BCUT2D eigenvalue weighted by Crippen LogP contribution is 2.31. The molecule has 0 unspecified atom stereocenters. The monoisotopic (exact) mass is 244 g/mol. The van der Waals surface area contributed by atoms with E-state index in [1.165, 1.54) is 23.5 Å². The van der Waals surface area contributed by atoms with E-state index in [2.05, 4.69) is 10.5 Å². The van der Waals surface area contributed by atoms with Gasteiger partial charge in [0.2, 0.25) is 5.88 Å². The van der Waals surface area contributed by atoms with Gasteiger partial charge in [-0.15, -0.1) is 11.3 Å². The molecule has 0 saturated heterocycles. The predicted octanol–water partition coefficient (Wildman–Crippen LogP) is 3.75. The third-order valence-corrected chi connectivity index (χ3v) is 2.29. The van der Waals surface area contributed by atoms with Crippen LogP contribution in [0.3, 0.4) is 0 Å². The number of aromatic nitrogens is 1. The number of hydrogen-bond donors (Lipinski definition) is 0. The van der Waals surface area contributed by atoms with Crippen molar-refractivity contribution in [3.63, 3.8) is 0 Å². The lowest BCUT2D eigenvalue weighted by atomic mass is 10.2. The van der Waals surface area contributed by atoms with Crippen LogP contribution in [0.25, 0.3) is 0 Å². The zero-order chi connectivity index (χ0) is 11.6. The maximum atomic E-state index is 12.2. The molecular weight excluding hydrogens is 239 g/mol. The molecule has 0 aliphatic rings. The van der Waals surface area contributed by atoms with Gasteiger partial charge in [0.25, 0.3) is 0 Å². The van der Waals surface area contributed by atoms with E-state index in [9.17, 15) is 13.2 Å². The number of hydrogen-bond acceptors (Lipinski definition) is 3. The van der Waals surface area contributed by atoms with Gasteiger partial charge in [0, 0.05) is 0 Å². The van der Waals surface area contributed by atoms with Crippen LogP contribution in [0.5, 0.6) is 11.6 Å². The second kappa shape index (κ2) is 4.13. The lowest BCUT2D eigenvalue weighted by Crippen LogP contribution is -2.03. The Bertz CT molecular complexity index is 450. The fraction of sp³-hybridized carbons (Fsp3) is 0.100. The maximum absolute atomic E-state index is 12.2. The standard InChI is InChI=1S/C10H5F3NOS/c11-10(12,13)7-1-3-8(4-2-7)15-9-5-16-6-14-9/h1-5H. The quantitative estimate of drug-likeness (QED) is 0.802. The van der Waals surface area contributed by atoms with E-state index < -0.39 is 11.7 Å². The van der Waals surface area contributed by atoms with E-state index in [-0.39, 0.29) is 0 Å². The average molecular weight is 244 g/mol. The molecule has 1 aromatic heterocycles. The van der Waals surface area contributed by atoms with Gasteiger partial charge in [-0.3, -0.25) is 0 Å². The summed E-state index contributed by atoms with van der Waals surface area (Å²) in [5, 5.41) is 1.61. The first kappa shape index (κ1) is 10.9. The molecule has 0 N–H and O–H groups in total. The van der Waals surface area contributed by atoms with Crippen molar-refractivity contribution in [1.29, 1.82) is 0 Å². The number of benzene rings is 1. The van der Waals surface area contributed by atoms with Crippen molar-refractivity contribution in [3.8, 4) is 11.6 Å². The van der Waals surface area contributed by atoms with Crippen LogP contribution < -0.4 is 4.74 Å². The summed E-state index contributed by atoms with van der Waals surface area (Å²) in [4.78, 5) is 3.73. The zero-order valence-electron chi connectivity index (χ0n) is 7.78. The molecule has 0 atom stereocenters. The predicted molar refractivity (Wildman–Crippen MR) is 52.5 cm³/mol. The van der Waals surface area contributed by atoms with Crippen LogP contribution in [-0.4, -0.2) is 4.98 Å². The van der Waals surface area contributed by atoms with Crippen molar-refractivity contribution in [3.05, 3.63) is 40.7 Å². The Labute approximate surface area is 93.3 Å². The third-order valence-electron chi connectivity index (χ3n) is 1.77. The number of nitrogens with zero attached hydrogens (tertiary/aromatic N) is 1. The Balaban J connectivity index is 2.14. The van der Waals surface area contributed by atoms with Crippen LogP contribution in [0, 0.1) is 5.51 Å². The summed E-state index contributed by atoms with van der Waals surface area (Å²) < 4.78 is 41.9. The van der Waals surface area contributed by atoms with Crippen LogP contribution in [0.2, 0.25) is 0 Å². The molecule has 0 aliphatic heterocycles. The molecule has 6 heteroatoms. The van der Waals surface area contributed by atoms with E-state index >= 15 is 0 Å². The Morgan fingerprint density at radius 2 is 1.88 bits per heavy atom. The molecule has 1 heterocycles. The summed E-state index contributed by atoms with van der Waals surface area (Å²) in [5.74, 6) is 0.636. The van der Waals surface area contributed by atoms with Gasteiger partial charge in [0.1, 0.15) is 5.75 Å². The van der Waals surface area contributed by atoms with E-state index in [1.807, 2.05) is 0 Å². The first-order chi connectivity index (χ1) is 7.55. The molecule has 1 aromatic carbocycles. The molecular formula is C10H5F3NOS. The lowest BCUT2D eigenvalue weighted by molar-refractivity contribution is -0.137. The van der Waals surface area contributed by atoms with Crippen molar-refractivity contribution in [2.45, 2.75) is 6.18 Å². The van der Waals surface area contributed by atoms with Gasteiger partial charge < -0.3 is 4.74 Å². The van der Waals surface area contributed by atoms with Crippen LogP contribution in [0.15, 0.2) is 29.6 Å². The largest absolute Gasteiger partial charge is 0.438 e. The smallest absolute Gasteiger partial charge is 0.416 e. The SMILES string of the molecule is FC(F)(F)c1ccc(Oc2cs[c]n2)cc1. The average Bonchev–Trinajstić information content (AvgIpc) is 2.70. The Kier molecular flexibility index (Phi) is 2.82. The molecule has 0 saturated carbocycles. The molecule has 16 heavy (non-hydrogen) atoms. The molecule has 2 aromatic rings. The van der Waals surface area contributed by atoms with Gasteiger partial charge in [0.05, 0.1) is 10.9 Å². The van der Waals surface area contributed by atoms with Crippen LogP contribution in [0.1, 0.15) is 5.56 Å². The number of halogens is 3. The molecule has 0 aliphatic carbocycles. The molecule has 0 bridgehead atoms. The Morgan fingerprint density at radius 3 is 2.38 bits per heavy atom. The lowest BCUT2D eigenvalue weighted by Gasteiger charge is -2.07. The summed E-state index contributed by atoms with van der Waals surface area (Å²) in [6, 6.07) is 4.43. The molecule has 0 fully saturated rings. The van der Waals surface area contributed by atoms with E-state index in [1.54, 1.807) is 5.38 Å². The van der Waals surface area contributed by atoms with Gasteiger partial charge in [-0.25, -0.2) is 0 Å². The van der Waals surface area contributed by atoms with E-state index in [0.29, 0.717) is 11.6 Å². The van der Waals surface area contributed by atoms with Crippen molar-refractivity contribution in [2.75, 3.05) is 0 Å². The number of alkyl halides is 3. The minimum Gasteiger partial charge on any atom is -0.438 e. The van der Waals surface area contributed by atoms with Crippen molar-refractivity contribution >= 4 is 11.3 Å². The molecule has 2 nitrogen and oxygen atoms in total. The molecule has 83 valence electrons. The second-order valence-corrected chi connectivity index (χ2v) is 3.56. The number of ether oxygens (including phenoxy) is 1. The first-order valence-corrected chi connectivity index (χ1v) is 5.10. The fourth-order valence-corrected chi connectivity index (χ4v) is 1.45. The number of rotatable bonds is 2. The van der Waals surface area contributed by atoms with Crippen LogP contribution >= 0.6 is 11.3 Å². The van der Waals surface area contributed by atoms with Crippen LogP contribution in [0.4, 0.5) is 13.2 Å². The summed E-state index contributed by atoms with van der Waals surface area (Å²) in [6.45, 7) is 0. The minimum atomic E-state index is -4.33. The summed E-state index contributed by atoms with van der Waals surface area (Å²) in [5.41, 5.74) is 1.87. The van der Waals surface area contributed by atoms with Gasteiger partial charge in [0.15, 0.2) is 5.51 Å². The van der Waals surface area contributed by atoms with Gasteiger partial charge >= 0.3 is 6.18 Å². The fourth-order valence-electron chi connectivity index (χ4n) is 1.05. The highest BCUT2D eigenvalue weighted by molar-refractivity contribution is 7.07. The van der Waals surface area contributed by atoms with Crippen molar-refractivity contribution < 1.29 is 17.9 Å². The summed E-state index contributed by atoms with van der Waals surface area (Å²) in [6.07, 6.45) is -4.33. The zero-order valence-corrected chi connectivity index (χ0v) is 8.60. The van der Waals surface area contributed by atoms with Gasteiger partial charge in [-0.1, -0.05) is 0 Å². The Morgan fingerprint density at radius 1 is 1.19 bits per heavy atom. The first-order valence-electron chi connectivity index (χ1n) is 4.22. The highest BCUT2D eigenvalue weighted by atomic mass is 32.1. The molecule has 2 rings (SSSR count). The van der Waals surface area contributed by atoms with Crippen molar-refractivity contribution in [2.24, 2.45) is 0 Å². The topological polar surface area (TPSA) is 22.1 Å². The highest BCUT2D eigenvalue weighted by Gasteiger charge is 2.30. The van der Waals surface area contributed by atoms with Crippen molar-refractivity contribution in [1.82, 2.24) is 4.98 Å². The third kappa shape index (κ3) is 2.52. The Hall–Kier alpha value is -1.56. The molecule has 0 spiro atoms. The molecule has 1 radical (unpaired) electrons. The van der Waals surface area contributed by atoms with Gasteiger partial charge in [-0.05, 0) is 24.3 Å². The number of thiazole rings is 1. The minimum absolute atomic E-state index is 0.312. The molecule has 0 amide bonds. The van der Waals surface area contributed by atoms with Crippen LogP contribution in [-0.2, 0) is 6.18 Å².